The molecule has 0 aromatic heterocycles. The molecule has 4 amide bonds. The highest BCUT2D eigenvalue weighted by molar-refractivity contribution is 7.98. The Morgan fingerprint density at radius 2 is 1.60 bits per heavy atom. The molecule has 2 atom stereocenters. The number of nitrogens with zero attached hydrogens (tertiary/aromatic N) is 1. The molecule has 0 aliphatic carbocycles. The van der Waals surface area contributed by atoms with E-state index >= 15 is 0 Å². The number of unbranched alkanes of at least 4 members (excludes halogenated alkanes) is 1. The number of para-hydroxylation sites is 1. The van der Waals surface area contributed by atoms with E-state index in [0.717, 1.165) is 4.90 Å². The summed E-state index contributed by atoms with van der Waals surface area (Å²) >= 11 is 1.48. The minimum atomic E-state index is -1.78. The number of rotatable bonds is 18. The number of carboxylic acids is 3. The number of thioether (sulfide) groups is 1. The molecular weight excluding hydrogens is 632 g/mol. The van der Waals surface area contributed by atoms with Gasteiger partial charge in [0.15, 0.2) is 0 Å². The van der Waals surface area contributed by atoms with Crippen molar-refractivity contribution in [1.29, 1.82) is 0 Å². The van der Waals surface area contributed by atoms with Crippen molar-refractivity contribution in [1.82, 2.24) is 16.0 Å². The second kappa shape index (κ2) is 18.9. The van der Waals surface area contributed by atoms with E-state index in [2.05, 4.69) is 16.0 Å². The van der Waals surface area contributed by atoms with E-state index in [1.807, 2.05) is 6.26 Å². The van der Waals surface area contributed by atoms with E-state index in [1.165, 1.54) is 49.0 Å². The highest BCUT2D eigenvalue weighted by atomic mass is 32.2. The standard InChI is InChI=1S/C32H40N4O10S/c1-4-21-17-20(12-13-25(21)36(29(40)32(45)46)26-10-6-5-9-22(26)30(41)42)18-24(34-19(2)37)28(39)33-15-8-7-11-27(38)35-23(31(43)44)14-16-47-3/h5-6,9-10,12-13,17,23-24H,4,7-8,11,14-16,18H2,1-3H3,(H,33,39)(H,34,37)(H,35,38)(H,41,42)(H,43,44)(H,45,46). The van der Waals surface area contributed by atoms with E-state index in [0.29, 0.717) is 42.6 Å². The summed E-state index contributed by atoms with van der Waals surface area (Å²) < 4.78 is 0. The van der Waals surface area contributed by atoms with Crippen molar-refractivity contribution in [2.24, 2.45) is 0 Å². The van der Waals surface area contributed by atoms with Crippen LogP contribution in [0.1, 0.15) is 61.0 Å². The number of amides is 4. The van der Waals surface area contributed by atoms with Gasteiger partial charge < -0.3 is 31.3 Å². The van der Waals surface area contributed by atoms with Crippen LogP contribution in [0.5, 0.6) is 0 Å². The van der Waals surface area contributed by atoms with Gasteiger partial charge in [0, 0.05) is 26.3 Å². The van der Waals surface area contributed by atoms with Crippen LogP contribution in [0.15, 0.2) is 42.5 Å². The number of carbonyl (C=O) groups is 7. The van der Waals surface area contributed by atoms with E-state index in [-0.39, 0.29) is 36.3 Å². The first-order valence-corrected chi connectivity index (χ1v) is 16.3. The predicted molar refractivity (Wildman–Crippen MR) is 175 cm³/mol. The van der Waals surface area contributed by atoms with Gasteiger partial charge in [0.05, 0.1) is 16.9 Å². The lowest BCUT2D eigenvalue weighted by Crippen LogP contribution is -2.47. The molecular formula is C32H40N4O10S. The maximum absolute atomic E-state index is 13.0. The lowest BCUT2D eigenvalue weighted by molar-refractivity contribution is -0.148. The molecule has 0 radical (unpaired) electrons. The number of hydrogen-bond acceptors (Lipinski definition) is 8. The molecule has 47 heavy (non-hydrogen) atoms. The minimum absolute atomic E-state index is 0.0479. The Bertz CT molecular complexity index is 1480. The second-order valence-corrected chi connectivity index (χ2v) is 11.5. The van der Waals surface area contributed by atoms with Gasteiger partial charge in [0.1, 0.15) is 12.1 Å². The van der Waals surface area contributed by atoms with Gasteiger partial charge in [0.25, 0.3) is 0 Å². The molecule has 0 aliphatic heterocycles. The molecule has 14 nitrogen and oxygen atoms in total. The zero-order valence-electron chi connectivity index (χ0n) is 26.4. The van der Waals surface area contributed by atoms with Crippen LogP contribution in [0.4, 0.5) is 11.4 Å². The van der Waals surface area contributed by atoms with Crippen LogP contribution in [-0.4, -0.2) is 87.5 Å². The number of hydrogen-bond donors (Lipinski definition) is 6. The Morgan fingerprint density at radius 1 is 0.894 bits per heavy atom. The maximum atomic E-state index is 13.0. The number of carbonyl (C=O) groups excluding carboxylic acids is 4. The first kappa shape index (κ1) is 38.3. The van der Waals surface area contributed by atoms with Crippen molar-refractivity contribution in [3.8, 4) is 0 Å². The van der Waals surface area contributed by atoms with Gasteiger partial charge in [-0.1, -0.05) is 31.2 Å². The zero-order chi connectivity index (χ0) is 35.1. The summed E-state index contributed by atoms with van der Waals surface area (Å²) in [5.41, 5.74) is 0.837. The number of benzene rings is 2. The summed E-state index contributed by atoms with van der Waals surface area (Å²) in [5.74, 6) is -6.32. The Morgan fingerprint density at radius 3 is 2.19 bits per heavy atom. The molecule has 254 valence electrons. The Labute approximate surface area is 276 Å². The Hall–Kier alpha value is -4.92. The van der Waals surface area contributed by atoms with Gasteiger partial charge in [-0.15, -0.1) is 0 Å². The van der Waals surface area contributed by atoms with Crippen LogP contribution in [0.25, 0.3) is 0 Å². The largest absolute Gasteiger partial charge is 0.480 e. The summed E-state index contributed by atoms with van der Waals surface area (Å²) in [6.07, 6.45) is 3.42. The van der Waals surface area contributed by atoms with Gasteiger partial charge >= 0.3 is 23.8 Å². The Kier molecular flexibility index (Phi) is 15.4. The maximum Gasteiger partial charge on any atom is 0.395 e. The SMILES string of the molecule is CCc1cc(CC(NC(C)=O)C(=O)NCCCCC(=O)NC(CCSC)C(=O)O)ccc1N(C(=O)C(=O)O)c1ccccc1C(=O)O. The first-order valence-electron chi connectivity index (χ1n) is 14.9. The van der Waals surface area contributed by atoms with Gasteiger partial charge in [-0.25, -0.2) is 14.4 Å². The summed E-state index contributed by atoms with van der Waals surface area (Å²) in [7, 11) is 0. The smallest absolute Gasteiger partial charge is 0.395 e. The second-order valence-electron chi connectivity index (χ2n) is 10.5. The number of carboxylic acid groups (broad SMARTS) is 3. The highest BCUT2D eigenvalue weighted by Crippen LogP contribution is 2.33. The van der Waals surface area contributed by atoms with Crippen LogP contribution in [0, 0.1) is 0 Å². The molecule has 0 aliphatic rings. The first-order chi connectivity index (χ1) is 22.3. The normalized spacial score (nSPS) is 11.9. The minimum Gasteiger partial charge on any atom is -0.480 e. The van der Waals surface area contributed by atoms with Gasteiger partial charge in [-0.3, -0.25) is 24.1 Å². The fraction of sp³-hybridized carbons (Fsp3) is 0.406. The van der Waals surface area contributed by atoms with Crippen LogP contribution in [0.3, 0.4) is 0 Å². The van der Waals surface area contributed by atoms with Crippen LogP contribution in [0.2, 0.25) is 0 Å². The number of nitrogens with one attached hydrogen (secondary N) is 3. The molecule has 15 heteroatoms. The van der Waals surface area contributed by atoms with Crippen LogP contribution >= 0.6 is 11.8 Å². The van der Waals surface area contributed by atoms with Crippen molar-refractivity contribution in [3.63, 3.8) is 0 Å². The lowest BCUT2D eigenvalue weighted by atomic mass is 9.99. The quantitative estimate of drug-likeness (QED) is 0.0997. The molecule has 2 aromatic rings. The average molecular weight is 673 g/mol. The van der Waals surface area contributed by atoms with Crippen molar-refractivity contribution < 1.29 is 48.9 Å². The van der Waals surface area contributed by atoms with Crippen molar-refractivity contribution in [3.05, 3.63) is 59.2 Å². The Balaban J connectivity index is 2.16. The highest BCUT2D eigenvalue weighted by Gasteiger charge is 2.30. The van der Waals surface area contributed by atoms with Gasteiger partial charge in [-0.2, -0.15) is 11.8 Å². The lowest BCUT2D eigenvalue weighted by Gasteiger charge is -2.26. The van der Waals surface area contributed by atoms with Crippen molar-refractivity contribution >= 4 is 64.7 Å². The molecule has 0 bridgehead atoms. The van der Waals surface area contributed by atoms with E-state index in [9.17, 15) is 48.9 Å². The van der Waals surface area contributed by atoms with E-state index in [1.54, 1.807) is 19.1 Å². The monoisotopic (exact) mass is 672 g/mol. The topological polar surface area (TPSA) is 220 Å². The fourth-order valence-electron chi connectivity index (χ4n) is 4.76. The van der Waals surface area contributed by atoms with Crippen molar-refractivity contribution in [2.45, 2.75) is 64.5 Å². The fourth-order valence-corrected chi connectivity index (χ4v) is 5.23. The van der Waals surface area contributed by atoms with Crippen molar-refractivity contribution in [2.75, 3.05) is 23.5 Å². The number of aromatic carboxylic acids is 1. The average Bonchev–Trinajstić information content (AvgIpc) is 3.02. The molecule has 2 aromatic carbocycles. The molecule has 0 saturated heterocycles. The van der Waals surface area contributed by atoms with E-state index in [4.69, 9.17) is 0 Å². The molecule has 0 heterocycles. The van der Waals surface area contributed by atoms with Crippen LogP contribution < -0.4 is 20.9 Å². The number of anilines is 2. The molecule has 0 spiro atoms. The summed E-state index contributed by atoms with van der Waals surface area (Å²) in [6, 6.07) is 8.27. The summed E-state index contributed by atoms with van der Waals surface area (Å²) in [6.45, 7) is 3.23. The molecule has 2 rings (SSSR count). The third kappa shape index (κ3) is 11.7. The number of aryl methyl sites for hydroxylation is 1. The third-order valence-corrected chi connectivity index (χ3v) is 7.68. The molecule has 2 unspecified atom stereocenters. The third-order valence-electron chi connectivity index (χ3n) is 7.03. The number of aliphatic carboxylic acids is 2. The van der Waals surface area contributed by atoms with E-state index < -0.39 is 53.6 Å². The summed E-state index contributed by atoms with van der Waals surface area (Å²) in [4.78, 5) is 85.8. The summed E-state index contributed by atoms with van der Waals surface area (Å²) in [5, 5.41) is 36.3. The predicted octanol–water partition coefficient (Wildman–Crippen LogP) is 2.35. The molecule has 0 saturated carbocycles. The molecule has 6 N–H and O–H groups in total. The van der Waals surface area contributed by atoms with Gasteiger partial charge in [0.2, 0.25) is 17.7 Å². The van der Waals surface area contributed by atoms with Crippen LogP contribution in [-0.2, 0) is 41.6 Å². The molecule has 0 fully saturated rings. The van der Waals surface area contributed by atoms with Gasteiger partial charge in [-0.05, 0) is 67.0 Å². The zero-order valence-corrected chi connectivity index (χ0v) is 27.2.